The van der Waals surface area contributed by atoms with Crippen LogP contribution in [0.3, 0.4) is 0 Å². The summed E-state index contributed by atoms with van der Waals surface area (Å²) >= 11 is 0. The van der Waals surface area contributed by atoms with E-state index in [-0.39, 0.29) is 25.2 Å². The number of ether oxygens (including phenoxy) is 3. The summed E-state index contributed by atoms with van der Waals surface area (Å²) in [5.41, 5.74) is 0. The molecule has 0 amide bonds. The van der Waals surface area contributed by atoms with Crippen molar-refractivity contribution in [3.8, 4) is 0 Å². The van der Waals surface area contributed by atoms with Crippen LogP contribution in [0.5, 0.6) is 0 Å². The Bertz CT molecular complexity index is 1090. The summed E-state index contributed by atoms with van der Waals surface area (Å²) in [4.78, 5) is 25.5. The van der Waals surface area contributed by atoms with E-state index in [2.05, 4.69) is 69.4 Å². The van der Waals surface area contributed by atoms with Crippen molar-refractivity contribution in [2.45, 2.75) is 309 Å². The van der Waals surface area contributed by atoms with Crippen LogP contribution in [-0.4, -0.2) is 37.9 Å². The highest BCUT2D eigenvalue weighted by Gasteiger charge is 2.17. The van der Waals surface area contributed by atoms with Crippen molar-refractivity contribution in [2.75, 3.05) is 19.8 Å². The molecule has 0 saturated heterocycles. The number of carbonyl (C=O) groups is 2. The summed E-state index contributed by atoms with van der Waals surface area (Å²) in [6.45, 7) is 7.77. The molecule has 0 spiro atoms. The van der Waals surface area contributed by atoms with E-state index in [9.17, 15) is 9.59 Å². The normalized spacial score (nSPS) is 12.5. The zero-order valence-corrected chi connectivity index (χ0v) is 44.5. The molecule has 66 heavy (non-hydrogen) atoms. The van der Waals surface area contributed by atoms with Crippen LogP contribution >= 0.6 is 0 Å². The molecule has 1 unspecified atom stereocenters. The summed E-state index contributed by atoms with van der Waals surface area (Å²) in [5.74, 6) is -0.391. The Morgan fingerprint density at radius 2 is 0.667 bits per heavy atom. The predicted octanol–water partition coefficient (Wildman–Crippen LogP) is 19.9. The van der Waals surface area contributed by atoms with Crippen LogP contribution in [0.4, 0.5) is 0 Å². The first kappa shape index (κ1) is 63.9. The lowest BCUT2D eigenvalue weighted by Gasteiger charge is -2.18. The van der Waals surface area contributed by atoms with Crippen LogP contribution < -0.4 is 0 Å². The second-order valence-electron chi connectivity index (χ2n) is 19.5. The third kappa shape index (κ3) is 54.5. The molecule has 0 aromatic rings. The van der Waals surface area contributed by atoms with Gasteiger partial charge in [0.1, 0.15) is 6.61 Å². The predicted molar refractivity (Wildman–Crippen MR) is 288 cm³/mol. The SMILES string of the molecule is CCC/C=C\C/C=C\CCCCCCCCOCC(COC(=O)CCCCCCCCCCC/C=C\C/C=C\CCCCC)OC(=O)CCCCCCCCCCCCCCCCCCC. The number of carbonyl (C=O) groups excluding carboxylic acids is 2. The van der Waals surface area contributed by atoms with Crippen molar-refractivity contribution in [1.82, 2.24) is 0 Å². The Kier molecular flexibility index (Phi) is 55.3. The number of unbranched alkanes of at least 4 members (excludes halogenated alkanes) is 35. The van der Waals surface area contributed by atoms with Crippen LogP contribution in [-0.2, 0) is 23.8 Å². The molecule has 0 aliphatic rings. The first-order valence-corrected chi connectivity index (χ1v) is 29.2. The Morgan fingerprint density at radius 1 is 0.333 bits per heavy atom. The third-order valence-corrected chi connectivity index (χ3v) is 12.8. The van der Waals surface area contributed by atoms with Gasteiger partial charge in [-0.05, 0) is 77.0 Å². The zero-order chi connectivity index (χ0) is 47.7. The van der Waals surface area contributed by atoms with Gasteiger partial charge in [0.15, 0.2) is 6.10 Å². The van der Waals surface area contributed by atoms with Gasteiger partial charge in [0, 0.05) is 19.4 Å². The summed E-state index contributed by atoms with van der Waals surface area (Å²) < 4.78 is 17.5. The minimum absolute atomic E-state index is 0.0824. The fraction of sp³-hybridized carbons (Fsp3) is 0.836. The molecule has 0 aliphatic carbocycles. The van der Waals surface area contributed by atoms with E-state index in [1.807, 2.05) is 0 Å². The van der Waals surface area contributed by atoms with E-state index in [0.29, 0.717) is 19.4 Å². The van der Waals surface area contributed by atoms with Gasteiger partial charge in [-0.25, -0.2) is 0 Å². The molecular formula is C61H112O5. The van der Waals surface area contributed by atoms with Crippen molar-refractivity contribution < 1.29 is 23.8 Å². The minimum atomic E-state index is -0.541. The summed E-state index contributed by atoms with van der Waals surface area (Å²) in [6.07, 6.45) is 71.3. The summed E-state index contributed by atoms with van der Waals surface area (Å²) in [7, 11) is 0. The van der Waals surface area contributed by atoms with Crippen LogP contribution in [0, 0.1) is 0 Å². The lowest BCUT2D eigenvalue weighted by atomic mass is 10.0. The number of rotatable bonds is 54. The maximum atomic E-state index is 12.9. The molecule has 0 heterocycles. The van der Waals surface area contributed by atoms with Crippen molar-refractivity contribution in [3.63, 3.8) is 0 Å². The molecule has 5 heteroatoms. The number of allylic oxidation sites excluding steroid dienone is 8. The quantitative estimate of drug-likeness (QED) is 0.0345. The second kappa shape index (κ2) is 57.2. The molecule has 0 saturated carbocycles. The largest absolute Gasteiger partial charge is 0.462 e. The monoisotopic (exact) mass is 925 g/mol. The van der Waals surface area contributed by atoms with Crippen LogP contribution in [0.15, 0.2) is 48.6 Å². The van der Waals surface area contributed by atoms with Gasteiger partial charge < -0.3 is 14.2 Å². The van der Waals surface area contributed by atoms with Gasteiger partial charge in [-0.1, -0.05) is 262 Å². The highest BCUT2D eigenvalue weighted by atomic mass is 16.6. The molecule has 0 aliphatic heterocycles. The lowest BCUT2D eigenvalue weighted by Crippen LogP contribution is -2.30. The van der Waals surface area contributed by atoms with Crippen LogP contribution in [0.1, 0.15) is 303 Å². The fourth-order valence-electron chi connectivity index (χ4n) is 8.46. The van der Waals surface area contributed by atoms with Gasteiger partial charge in [-0.15, -0.1) is 0 Å². The van der Waals surface area contributed by atoms with Gasteiger partial charge in [0.2, 0.25) is 0 Å². The smallest absolute Gasteiger partial charge is 0.306 e. The van der Waals surface area contributed by atoms with Gasteiger partial charge in [0.05, 0.1) is 6.61 Å². The Labute approximate surface area is 412 Å². The zero-order valence-electron chi connectivity index (χ0n) is 44.5. The third-order valence-electron chi connectivity index (χ3n) is 12.8. The van der Waals surface area contributed by atoms with E-state index in [1.165, 1.54) is 218 Å². The number of esters is 2. The fourth-order valence-corrected chi connectivity index (χ4v) is 8.46. The van der Waals surface area contributed by atoms with Crippen molar-refractivity contribution in [3.05, 3.63) is 48.6 Å². The maximum absolute atomic E-state index is 12.9. The number of hydrogen-bond acceptors (Lipinski definition) is 5. The average Bonchev–Trinajstić information content (AvgIpc) is 3.32. The molecular weight excluding hydrogens is 813 g/mol. The molecule has 386 valence electrons. The van der Waals surface area contributed by atoms with E-state index < -0.39 is 6.10 Å². The van der Waals surface area contributed by atoms with Crippen LogP contribution in [0.25, 0.3) is 0 Å². The Balaban J connectivity index is 4.24. The molecule has 0 bridgehead atoms. The number of hydrogen-bond donors (Lipinski definition) is 0. The average molecular weight is 926 g/mol. The van der Waals surface area contributed by atoms with Gasteiger partial charge in [-0.3, -0.25) is 9.59 Å². The van der Waals surface area contributed by atoms with Gasteiger partial charge in [-0.2, -0.15) is 0 Å². The molecule has 0 fully saturated rings. The van der Waals surface area contributed by atoms with E-state index in [4.69, 9.17) is 14.2 Å². The molecule has 1 atom stereocenters. The van der Waals surface area contributed by atoms with E-state index in [0.717, 1.165) is 51.4 Å². The van der Waals surface area contributed by atoms with Gasteiger partial charge >= 0.3 is 11.9 Å². The first-order valence-electron chi connectivity index (χ1n) is 29.2. The van der Waals surface area contributed by atoms with Crippen molar-refractivity contribution >= 4 is 11.9 Å². The Hall–Kier alpha value is -2.14. The molecule has 0 aromatic heterocycles. The van der Waals surface area contributed by atoms with E-state index in [1.54, 1.807) is 0 Å². The van der Waals surface area contributed by atoms with Gasteiger partial charge in [0.25, 0.3) is 0 Å². The maximum Gasteiger partial charge on any atom is 0.306 e. The van der Waals surface area contributed by atoms with E-state index >= 15 is 0 Å². The molecule has 0 radical (unpaired) electrons. The highest BCUT2D eigenvalue weighted by molar-refractivity contribution is 5.70. The highest BCUT2D eigenvalue weighted by Crippen LogP contribution is 2.16. The first-order chi connectivity index (χ1) is 32.6. The summed E-state index contributed by atoms with van der Waals surface area (Å²) in [6, 6.07) is 0. The van der Waals surface area contributed by atoms with Crippen molar-refractivity contribution in [1.29, 1.82) is 0 Å². The lowest BCUT2D eigenvalue weighted by molar-refractivity contribution is -0.163. The molecule has 0 aromatic carbocycles. The minimum Gasteiger partial charge on any atom is -0.462 e. The Morgan fingerprint density at radius 3 is 1.09 bits per heavy atom. The van der Waals surface area contributed by atoms with Crippen LogP contribution in [0.2, 0.25) is 0 Å². The topological polar surface area (TPSA) is 61.8 Å². The molecule has 0 rings (SSSR count). The standard InChI is InChI=1S/C61H112O5/c1-4-7-10-13-16-19-22-25-28-30-31-33-34-36-39-42-45-48-51-54-60(62)65-58-59(57-64-56-53-50-47-44-41-38-27-24-21-18-15-12-9-6-3)66-61(63)55-52-49-46-43-40-37-35-32-29-26-23-20-17-14-11-8-5-2/h12,15-16,19,21,24-25,28,59H,4-11,13-14,17-18,20,22-23,26-27,29-58H2,1-3H3/b15-12-,19-16-,24-21-,28-25-. The molecule has 0 N–H and O–H groups in total. The molecule has 5 nitrogen and oxygen atoms in total. The summed E-state index contributed by atoms with van der Waals surface area (Å²) in [5, 5.41) is 0. The van der Waals surface area contributed by atoms with Crippen molar-refractivity contribution in [2.24, 2.45) is 0 Å². The second-order valence-corrected chi connectivity index (χ2v) is 19.5.